The third kappa shape index (κ3) is 1.78. The average molecular weight is 279 g/mol. The minimum atomic E-state index is 0.660. The van der Waals surface area contributed by atoms with E-state index in [9.17, 15) is 0 Å². The molecule has 2 aromatic rings. The van der Waals surface area contributed by atoms with Crippen molar-refractivity contribution in [1.29, 1.82) is 0 Å². The Kier molecular flexibility index (Phi) is 2.74. The Morgan fingerprint density at radius 3 is 2.81 bits per heavy atom. The highest BCUT2D eigenvalue weighted by Gasteiger charge is 2.16. The second-order valence-corrected chi connectivity index (χ2v) is 5.32. The van der Waals surface area contributed by atoms with Crippen LogP contribution in [0.15, 0.2) is 34.9 Å². The monoisotopic (exact) mass is 278 g/mol. The molecule has 0 radical (unpaired) electrons. The molecule has 16 heavy (non-hydrogen) atoms. The number of aromatic nitrogens is 1. The van der Waals surface area contributed by atoms with E-state index in [0.717, 1.165) is 17.6 Å². The molecule has 2 nitrogen and oxygen atoms in total. The lowest BCUT2D eigenvalue weighted by molar-refractivity contribution is 0.376. The number of piperidine rings is 1. The standard InChI is InChI=1S/C13H15BrN2/c14-11-2-1-10-5-8-16(13(10)9-11)12-3-6-15-7-4-12/h1-2,5,8-9,12,15H,3-4,6-7H2. The molecule has 1 aromatic heterocycles. The SMILES string of the molecule is Brc1ccc2ccn(C3CCNCC3)c2c1. The van der Waals surface area contributed by atoms with E-state index in [0.29, 0.717) is 6.04 Å². The molecule has 84 valence electrons. The van der Waals surface area contributed by atoms with Crippen LogP contribution < -0.4 is 5.32 Å². The molecule has 3 heteroatoms. The zero-order valence-corrected chi connectivity index (χ0v) is 10.7. The van der Waals surface area contributed by atoms with Crippen molar-refractivity contribution in [1.82, 2.24) is 9.88 Å². The second-order valence-electron chi connectivity index (χ2n) is 4.41. The van der Waals surface area contributed by atoms with Crippen molar-refractivity contribution >= 4 is 26.8 Å². The van der Waals surface area contributed by atoms with Crippen LogP contribution in [0, 0.1) is 0 Å². The zero-order chi connectivity index (χ0) is 11.0. The Bertz CT molecular complexity index is 498. The molecule has 1 aliphatic heterocycles. The van der Waals surface area contributed by atoms with Crippen molar-refractivity contribution in [2.24, 2.45) is 0 Å². The quantitative estimate of drug-likeness (QED) is 0.847. The Balaban J connectivity index is 2.05. The van der Waals surface area contributed by atoms with Crippen molar-refractivity contribution in [2.75, 3.05) is 13.1 Å². The molecule has 0 unspecified atom stereocenters. The van der Waals surface area contributed by atoms with Crippen LogP contribution in [0.3, 0.4) is 0 Å². The van der Waals surface area contributed by atoms with Gasteiger partial charge in [-0.3, -0.25) is 0 Å². The van der Waals surface area contributed by atoms with Crippen LogP contribution in [0.2, 0.25) is 0 Å². The van der Waals surface area contributed by atoms with Gasteiger partial charge in [-0.25, -0.2) is 0 Å². The van der Waals surface area contributed by atoms with E-state index in [1.807, 2.05) is 0 Å². The molecule has 0 atom stereocenters. The first-order chi connectivity index (χ1) is 7.84. The first-order valence-corrected chi connectivity index (χ1v) is 6.61. The number of nitrogens with one attached hydrogen (secondary N) is 1. The molecule has 1 aliphatic rings. The number of benzene rings is 1. The summed E-state index contributed by atoms with van der Waals surface area (Å²) >= 11 is 3.55. The van der Waals surface area contributed by atoms with Gasteiger partial charge in [-0.1, -0.05) is 22.0 Å². The van der Waals surface area contributed by atoms with Crippen molar-refractivity contribution in [3.8, 4) is 0 Å². The van der Waals surface area contributed by atoms with Crippen LogP contribution in [0.1, 0.15) is 18.9 Å². The van der Waals surface area contributed by atoms with Crippen LogP contribution in [0.5, 0.6) is 0 Å². The van der Waals surface area contributed by atoms with Gasteiger partial charge in [0.2, 0.25) is 0 Å². The van der Waals surface area contributed by atoms with Crippen LogP contribution >= 0.6 is 15.9 Å². The number of nitrogens with zero attached hydrogens (tertiary/aromatic N) is 1. The topological polar surface area (TPSA) is 17.0 Å². The summed E-state index contributed by atoms with van der Waals surface area (Å²) in [6.07, 6.45) is 4.69. The average Bonchev–Trinajstić information content (AvgIpc) is 2.73. The number of rotatable bonds is 1. The summed E-state index contributed by atoms with van der Waals surface area (Å²) in [7, 11) is 0. The molecule has 0 bridgehead atoms. The van der Waals surface area contributed by atoms with Crippen molar-refractivity contribution in [3.05, 3.63) is 34.9 Å². The fourth-order valence-electron chi connectivity index (χ4n) is 2.53. The maximum Gasteiger partial charge on any atom is 0.0494 e. The summed E-state index contributed by atoms with van der Waals surface area (Å²) in [5.41, 5.74) is 1.35. The van der Waals surface area contributed by atoms with Crippen LogP contribution in [0.4, 0.5) is 0 Å². The minimum absolute atomic E-state index is 0.660. The number of halogens is 1. The van der Waals surface area contributed by atoms with Crippen LogP contribution in [0.25, 0.3) is 10.9 Å². The Morgan fingerprint density at radius 1 is 1.19 bits per heavy atom. The minimum Gasteiger partial charge on any atom is -0.344 e. The molecule has 0 spiro atoms. The predicted octanol–water partition coefficient (Wildman–Crippen LogP) is 3.33. The fraction of sp³-hybridized carbons (Fsp3) is 0.385. The molecule has 0 amide bonds. The molecular formula is C13H15BrN2. The van der Waals surface area contributed by atoms with E-state index in [2.05, 4.69) is 56.3 Å². The molecule has 2 heterocycles. The molecule has 1 fully saturated rings. The van der Waals surface area contributed by atoms with Gasteiger partial charge in [0, 0.05) is 22.2 Å². The van der Waals surface area contributed by atoms with Crippen LogP contribution in [-0.2, 0) is 0 Å². The van der Waals surface area contributed by atoms with Gasteiger partial charge in [-0.2, -0.15) is 0 Å². The van der Waals surface area contributed by atoms with Crippen molar-refractivity contribution in [2.45, 2.75) is 18.9 Å². The van der Waals surface area contributed by atoms with E-state index in [1.165, 1.54) is 23.7 Å². The maximum atomic E-state index is 3.55. The third-order valence-corrected chi connectivity index (χ3v) is 3.88. The van der Waals surface area contributed by atoms with Gasteiger partial charge in [0.25, 0.3) is 0 Å². The lowest BCUT2D eigenvalue weighted by Gasteiger charge is -2.25. The Labute approximate surface area is 104 Å². The number of hydrogen-bond donors (Lipinski definition) is 1. The maximum absolute atomic E-state index is 3.55. The van der Waals surface area contributed by atoms with Gasteiger partial charge < -0.3 is 9.88 Å². The first kappa shape index (κ1) is 10.4. The van der Waals surface area contributed by atoms with E-state index >= 15 is 0 Å². The van der Waals surface area contributed by atoms with E-state index < -0.39 is 0 Å². The summed E-state index contributed by atoms with van der Waals surface area (Å²) in [5.74, 6) is 0. The highest BCUT2D eigenvalue weighted by molar-refractivity contribution is 9.10. The summed E-state index contributed by atoms with van der Waals surface area (Å²) in [6, 6.07) is 9.38. The lowest BCUT2D eigenvalue weighted by atomic mass is 10.1. The Hall–Kier alpha value is -0.800. The second kappa shape index (κ2) is 4.22. The molecule has 1 aromatic carbocycles. The smallest absolute Gasteiger partial charge is 0.0494 e. The first-order valence-electron chi connectivity index (χ1n) is 5.81. The summed E-state index contributed by atoms with van der Waals surface area (Å²) in [6.45, 7) is 2.27. The highest BCUT2D eigenvalue weighted by Crippen LogP contribution is 2.27. The molecule has 3 rings (SSSR count). The number of fused-ring (bicyclic) bond motifs is 1. The number of hydrogen-bond acceptors (Lipinski definition) is 1. The third-order valence-electron chi connectivity index (χ3n) is 3.39. The van der Waals surface area contributed by atoms with Gasteiger partial charge in [0.05, 0.1) is 0 Å². The highest BCUT2D eigenvalue weighted by atomic mass is 79.9. The fourth-order valence-corrected chi connectivity index (χ4v) is 2.87. The largest absolute Gasteiger partial charge is 0.344 e. The van der Waals surface area contributed by atoms with E-state index in [-0.39, 0.29) is 0 Å². The van der Waals surface area contributed by atoms with Gasteiger partial charge in [0.1, 0.15) is 0 Å². The predicted molar refractivity (Wildman–Crippen MR) is 70.8 cm³/mol. The van der Waals surface area contributed by atoms with E-state index in [4.69, 9.17) is 0 Å². The molecule has 1 saturated heterocycles. The van der Waals surface area contributed by atoms with Crippen LogP contribution in [-0.4, -0.2) is 17.7 Å². The van der Waals surface area contributed by atoms with Gasteiger partial charge in [-0.05, 0) is 49.5 Å². The van der Waals surface area contributed by atoms with Gasteiger partial charge in [-0.15, -0.1) is 0 Å². The van der Waals surface area contributed by atoms with Gasteiger partial charge >= 0.3 is 0 Å². The summed E-state index contributed by atoms with van der Waals surface area (Å²) in [5, 5.41) is 4.75. The lowest BCUT2D eigenvalue weighted by Crippen LogP contribution is -2.29. The Morgan fingerprint density at radius 2 is 2.00 bits per heavy atom. The summed E-state index contributed by atoms with van der Waals surface area (Å²) in [4.78, 5) is 0. The van der Waals surface area contributed by atoms with Crippen molar-refractivity contribution in [3.63, 3.8) is 0 Å². The van der Waals surface area contributed by atoms with Gasteiger partial charge in [0.15, 0.2) is 0 Å². The van der Waals surface area contributed by atoms with E-state index in [1.54, 1.807) is 0 Å². The zero-order valence-electron chi connectivity index (χ0n) is 9.12. The normalized spacial score (nSPS) is 18.1. The molecular weight excluding hydrogens is 264 g/mol. The molecule has 0 aliphatic carbocycles. The molecule has 0 saturated carbocycles. The molecule has 1 N–H and O–H groups in total. The van der Waals surface area contributed by atoms with Crippen molar-refractivity contribution < 1.29 is 0 Å². The summed E-state index contributed by atoms with van der Waals surface area (Å²) < 4.78 is 3.59.